The first-order valence-electron chi connectivity index (χ1n) is 9.43. The molecule has 1 aromatic rings. The minimum absolute atomic E-state index is 0.0485. The highest BCUT2D eigenvalue weighted by molar-refractivity contribution is 6.31. The van der Waals surface area contributed by atoms with Gasteiger partial charge in [0.1, 0.15) is 18.8 Å². The maximum Gasteiger partial charge on any atom is 0.410 e. The maximum atomic E-state index is 12.5. The van der Waals surface area contributed by atoms with Gasteiger partial charge in [0, 0.05) is 23.7 Å². The summed E-state index contributed by atoms with van der Waals surface area (Å²) in [7, 11) is 0. The molecule has 0 saturated carbocycles. The van der Waals surface area contributed by atoms with E-state index in [9.17, 15) is 19.5 Å². The lowest BCUT2D eigenvalue weighted by atomic mass is 10.2. The lowest BCUT2D eigenvalue weighted by Gasteiger charge is -2.31. The molecule has 0 unspecified atom stereocenters. The van der Waals surface area contributed by atoms with Crippen LogP contribution in [-0.4, -0.2) is 64.3 Å². The summed E-state index contributed by atoms with van der Waals surface area (Å²) in [6.45, 7) is 5.27. The van der Waals surface area contributed by atoms with Crippen LogP contribution >= 0.6 is 11.6 Å². The summed E-state index contributed by atoms with van der Waals surface area (Å²) in [6.07, 6.45) is 0.148. The second kappa shape index (κ2) is 9.82. The number of hydrogen-bond acceptors (Lipinski definition) is 5. The Balaban J connectivity index is 2.03. The number of amides is 2. The van der Waals surface area contributed by atoms with E-state index < -0.39 is 30.3 Å². The van der Waals surface area contributed by atoms with E-state index in [1.807, 2.05) is 0 Å². The van der Waals surface area contributed by atoms with Crippen molar-refractivity contribution in [3.63, 3.8) is 0 Å². The topological polar surface area (TPSA) is 96.4 Å². The van der Waals surface area contributed by atoms with E-state index in [0.717, 1.165) is 11.3 Å². The molecule has 0 spiro atoms. The first kappa shape index (κ1) is 22.8. The molecule has 0 aromatic heterocycles. The zero-order valence-electron chi connectivity index (χ0n) is 16.9. The van der Waals surface area contributed by atoms with E-state index in [4.69, 9.17) is 21.1 Å². The van der Waals surface area contributed by atoms with Gasteiger partial charge in [-0.1, -0.05) is 29.8 Å². The molecule has 0 bridgehead atoms. The van der Waals surface area contributed by atoms with E-state index in [-0.39, 0.29) is 19.2 Å². The highest BCUT2D eigenvalue weighted by Crippen LogP contribution is 2.22. The molecule has 2 rings (SSSR count). The van der Waals surface area contributed by atoms with Crippen molar-refractivity contribution < 1.29 is 29.0 Å². The van der Waals surface area contributed by atoms with Gasteiger partial charge < -0.3 is 19.5 Å². The van der Waals surface area contributed by atoms with E-state index in [0.29, 0.717) is 23.6 Å². The molecule has 1 aromatic carbocycles. The predicted molar refractivity (Wildman–Crippen MR) is 107 cm³/mol. The van der Waals surface area contributed by atoms with Crippen LogP contribution in [0.15, 0.2) is 24.3 Å². The molecule has 9 heteroatoms. The van der Waals surface area contributed by atoms with E-state index in [1.165, 1.54) is 0 Å². The molecule has 1 N–H and O–H groups in total. The molecule has 1 saturated heterocycles. The first-order valence-corrected chi connectivity index (χ1v) is 9.81. The zero-order valence-corrected chi connectivity index (χ0v) is 17.6. The van der Waals surface area contributed by atoms with Crippen LogP contribution in [0.25, 0.3) is 0 Å². The fourth-order valence-electron chi connectivity index (χ4n) is 3.05. The van der Waals surface area contributed by atoms with Gasteiger partial charge in [-0.05, 0) is 39.7 Å². The standard InChI is InChI=1S/C20H27ClN2O6/c1-20(2,3)29-19(27)23-10-6-8-15(23)11-22(12-17(24)25)18(26)28-13-14-7-4-5-9-16(14)21/h4-5,7,9,15H,6,8,10-13H2,1-3H3,(H,24,25)/t15-/m0/s1. The molecule has 8 nitrogen and oxygen atoms in total. The van der Waals surface area contributed by atoms with Gasteiger partial charge in [-0.2, -0.15) is 0 Å². The number of benzene rings is 1. The average Bonchev–Trinajstić information content (AvgIpc) is 3.07. The van der Waals surface area contributed by atoms with Crippen LogP contribution in [0.1, 0.15) is 39.2 Å². The van der Waals surface area contributed by atoms with Crippen LogP contribution in [0.5, 0.6) is 0 Å². The Morgan fingerprint density at radius 1 is 1.28 bits per heavy atom. The normalized spacial score (nSPS) is 16.4. The van der Waals surface area contributed by atoms with Gasteiger partial charge in [0.05, 0.1) is 6.04 Å². The number of carboxylic acid groups (broad SMARTS) is 1. The number of carboxylic acids is 1. The molecule has 1 atom stereocenters. The highest BCUT2D eigenvalue weighted by Gasteiger charge is 2.35. The third-order valence-corrected chi connectivity index (χ3v) is 4.70. The van der Waals surface area contributed by atoms with Gasteiger partial charge in [-0.3, -0.25) is 9.69 Å². The molecular weight excluding hydrogens is 400 g/mol. The number of likely N-dealkylation sites (tertiary alicyclic amines) is 1. The third kappa shape index (κ3) is 7.12. The van der Waals surface area contributed by atoms with Crippen molar-refractivity contribution in [3.8, 4) is 0 Å². The minimum Gasteiger partial charge on any atom is -0.480 e. The average molecular weight is 427 g/mol. The van der Waals surface area contributed by atoms with Gasteiger partial charge in [0.2, 0.25) is 0 Å². The second-order valence-electron chi connectivity index (χ2n) is 7.89. The van der Waals surface area contributed by atoms with Crippen molar-refractivity contribution in [2.75, 3.05) is 19.6 Å². The Hall–Kier alpha value is -2.48. The number of carbonyl (C=O) groups is 3. The quantitative estimate of drug-likeness (QED) is 0.743. The zero-order chi connectivity index (χ0) is 21.6. The Bertz CT molecular complexity index is 749. The number of nitrogens with zero attached hydrogens (tertiary/aromatic N) is 2. The van der Waals surface area contributed by atoms with Crippen LogP contribution in [0.3, 0.4) is 0 Å². The van der Waals surface area contributed by atoms with E-state index in [1.54, 1.807) is 49.9 Å². The Morgan fingerprint density at radius 3 is 2.59 bits per heavy atom. The lowest BCUT2D eigenvalue weighted by molar-refractivity contribution is -0.138. The number of hydrogen-bond donors (Lipinski definition) is 1. The molecule has 1 heterocycles. The maximum absolute atomic E-state index is 12.5. The summed E-state index contributed by atoms with van der Waals surface area (Å²) in [6, 6.07) is 6.59. The van der Waals surface area contributed by atoms with Gasteiger partial charge in [-0.15, -0.1) is 0 Å². The summed E-state index contributed by atoms with van der Waals surface area (Å²) >= 11 is 6.06. The summed E-state index contributed by atoms with van der Waals surface area (Å²) in [4.78, 5) is 38.8. The molecule has 2 amide bonds. The van der Waals surface area contributed by atoms with Crippen LogP contribution in [0, 0.1) is 0 Å². The fourth-order valence-corrected chi connectivity index (χ4v) is 3.24. The van der Waals surface area contributed by atoms with Crippen LogP contribution < -0.4 is 0 Å². The minimum atomic E-state index is -1.17. The Morgan fingerprint density at radius 2 is 1.97 bits per heavy atom. The van der Waals surface area contributed by atoms with Gasteiger partial charge in [-0.25, -0.2) is 9.59 Å². The summed E-state index contributed by atoms with van der Waals surface area (Å²) in [5.74, 6) is -1.17. The van der Waals surface area contributed by atoms with Crippen molar-refractivity contribution in [1.29, 1.82) is 0 Å². The first-order chi connectivity index (χ1) is 13.6. The second-order valence-corrected chi connectivity index (χ2v) is 8.30. The molecule has 1 aliphatic heterocycles. The molecule has 1 aliphatic rings. The number of rotatable bonds is 6. The summed E-state index contributed by atoms with van der Waals surface area (Å²) < 4.78 is 10.7. The number of ether oxygens (including phenoxy) is 2. The molecule has 160 valence electrons. The Labute approximate surface area is 175 Å². The van der Waals surface area contributed by atoms with Crippen LogP contribution in [0.2, 0.25) is 5.02 Å². The highest BCUT2D eigenvalue weighted by atomic mass is 35.5. The lowest BCUT2D eigenvalue weighted by Crippen LogP contribution is -2.48. The monoisotopic (exact) mass is 426 g/mol. The van der Waals surface area contributed by atoms with Gasteiger partial charge in [0.25, 0.3) is 0 Å². The van der Waals surface area contributed by atoms with Crippen molar-refractivity contribution in [1.82, 2.24) is 9.80 Å². The van der Waals surface area contributed by atoms with Gasteiger partial charge in [0.15, 0.2) is 0 Å². The molecule has 1 fully saturated rings. The van der Waals surface area contributed by atoms with Crippen molar-refractivity contribution in [2.45, 2.75) is 51.9 Å². The Kier molecular flexibility index (Phi) is 7.73. The molecule has 0 radical (unpaired) electrons. The summed E-state index contributed by atoms with van der Waals surface area (Å²) in [5.41, 5.74) is -0.0205. The van der Waals surface area contributed by atoms with Crippen molar-refractivity contribution >= 4 is 29.8 Å². The molecule has 0 aliphatic carbocycles. The SMILES string of the molecule is CC(C)(C)OC(=O)N1CCC[C@H]1CN(CC(=O)O)C(=O)OCc1ccccc1Cl. The van der Waals surface area contributed by atoms with Crippen molar-refractivity contribution in [3.05, 3.63) is 34.9 Å². The molecular formula is C20H27ClN2O6. The number of halogens is 1. The van der Waals surface area contributed by atoms with E-state index >= 15 is 0 Å². The van der Waals surface area contributed by atoms with Crippen molar-refractivity contribution in [2.24, 2.45) is 0 Å². The smallest absolute Gasteiger partial charge is 0.410 e. The molecule has 29 heavy (non-hydrogen) atoms. The summed E-state index contributed by atoms with van der Waals surface area (Å²) in [5, 5.41) is 9.64. The number of aliphatic carboxylic acids is 1. The third-order valence-electron chi connectivity index (χ3n) is 4.33. The van der Waals surface area contributed by atoms with Gasteiger partial charge >= 0.3 is 18.2 Å². The van der Waals surface area contributed by atoms with Crippen LogP contribution in [0.4, 0.5) is 9.59 Å². The largest absolute Gasteiger partial charge is 0.480 e. The van der Waals surface area contributed by atoms with E-state index in [2.05, 4.69) is 0 Å². The van der Waals surface area contributed by atoms with Crippen LogP contribution in [-0.2, 0) is 20.9 Å². The number of carbonyl (C=O) groups excluding carboxylic acids is 2. The fraction of sp³-hybridized carbons (Fsp3) is 0.550. The predicted octanol–water partition coefficient (Wildman–Crippen LogP) is 3.76.